The number of nitrogens with one attached hydrogen (secondary N) is 1. The van der Waals surface area contributed by atoms with Gasteiger partial charge in [-0.2, -0.15) is 13.2 Å². The molecule has 0 aliphatic carbocycles. The molecule has 2 rings (SSSR count). The van der Waals surface area contributed by atoms with Gasteiger partial charge in [0.2, 0.25) is 0 Å². The molecule has 0 radical (unpaired) electrons. The highest BCUT2D eigenvalue weighted by molar-refractivity contribution is 5.97. The quantitative estimate of drug-likeness (QED) is 0.792. The third kappa shape index (κ3) is 4.90. The van der Waals surface area contributed by atoms with Crippen molar-refractivity contribution in [1.82, 2.24) is 5.32 Å². The van der Waals surface area contributed by atoms with Gasteiger partial charge in [-0.05, 0) is 18.6 Å². The van der Waals surface area contributed by atoms with Gasteiger partial charge in [-0.25, -0.2) is 0 Å². The minimum Gasteiger partial charge on any atom is -0.481 e. The Bertz CT molecular complexity index is 853. The summed E-state index contributed by atoms with van der Waals surface area (Å²) in [7, 11) is 0. The van der Waals surface area contributed by atoms with Crippen LogP contribution in [-0.2, 0) is 22.8 Å². The number of benzene rings is 1. The van der Waals surface area contributed by atoms with Crippen molar-refractivity contribution in [3.05, 3.63) is 58.5 Å². The van der Waals surface area contributed by atoms with Crippen LogP contribution in [0, 0.1) is 6.92 Å². The highest BCUT2D eigenvalue weighted by Crippen LogP contribution is 2.32. The Balaban J connectivity index is 2.17. The van der Waals surface area contributed by atoms with Gasteiger partial charge < -0.3 is 14.8 Å². The molecule has 0 fully saturated rings. The summed E-state index contributed by atoms with van der Waals surface area (Å²) in [4.78, 5) is 23.4. The fraction of sp³-hybridized carbons (Fsp3) is 0.368. The molecule has 2 aromatic rings. The van der Waals surface area contributed by atoms with E-state index in [1.165, 1.54) is 12.3 Å². The van der Waals surface area contributed by atoms with Gasteiger partial charge in [-0.1, -0.05) is 32.0 Å². The lowest BCUT2D eigenvalue weighted by Gasteiger charge is -2.26. The van der Waals surface area contributed by atoms with Gasteiger partial charge in [-0.15, -0.1) is 0 Å². The summed E-state index contributed by atoms with van der Waals surface area (Å²) in [5.74, 6) is -1.63. The van der Waals surface area contributed by atoms with E-state index in [0.717, 1.165) is 12.1 Å². The standard InChI is InChI=1S/C19H20F3NO4/c1-11-9-27-14(8-15(24)25)16(11)17(26)23-10-18(2,3)12-5-4-6-13(7-12)19(20,21)22/h4-7,9H,8,10H2,1-3H3,(H,23,26)(H,24,25). The zero-order valence-corrected chi connectivity index (χ0v) is 15.1. The normalized spacial score (nSPS) is 12.1. The number of aliphatic carboxylic acids is 1. The van der Waals surface area contributed by atoms with Crippen molar-refractivity contribution in [3.63, 3.8) is 0 Å². The topological polar surface area (TPSA) is 79.5 Å². The fourth-order valence-corrected chi connectivity index (χ4v) is 2.68. The molecule has 2 N–H and O–H groups in total. The van der Waals surface area contributed by atoms with Crippen molar-refractivity contribution in [2.75, 3.05) is 6.54 Å². The van der Waals surface area contributed by atoms with Crippen LogP contribution in [-0.4, -0.2) is 23.5 Å². The minimum atomic E-state index is -4.45. The second kappa shape index (κ2) is 7.46. The zero-order chi connectivity index (χ0) is 20.4. The molecular formula is C19H20F3NO4. The molecule has 0 saturated carbocycles. The lowest BCUT2D eigenvalue weighted by molar-refractivity contribution is -0.138. The zero-order valence-electron chi connectivity index (χ0n) is 15.1. The van der Waals surface area contributed by atoms with Crippen LogP contribution in [0.4, 0.5) is 13.2 Å². The van der Waals surface area contributed by atoms with Crippen molar-refractivity contribution in [1.29, 1.82) is 0 Å². The number of halogens is 3. The minimum absolute atomic E-state index is 0.0365. The summed E-state index contributed by atoms with van der Waals surface area (Å²) in [6, 6.07) is 4.95. The monoisotopic (exact) mass is 383 g/mol. The number of carbonyl (C=O) groups excluding carboxylic acids is 1. The number of alkyl halides is 3. The number of carbonyl (C=O) groups is 2. The van der Waals surface area contributed by atoms with Crippen LogP contribution < -0.4 is 5.32 Å². The van der Waals surface area contributed by atoms with Gasteiger partial charge in [0.05, 0.1) is 17.4 Å². The first-order valence-electron chi connectivity index (χ1n) is 8.16. The highest BCUT2D eigenvalue weighted by atomic mass is 19.4. The van der Waals surface area contributed by atoms with Gasteiger partial charge in [-0.3, -0.25) is 9.59 Å². The molecule has 0 aliphatic rings. The highest BCUT2D eigenvalue weighted by Gasteiger charge is 2.32. The van der Waals surface area contributed by atoms with E-state index in [1.54, 1.807) is 26.8 Å². The Morgan fingerprint density at radius 3 is 2.41 bits per heavy atom. The van der Waals surface area contributed by atoms with E-state index in [4.69, 9.17) is 9.52 Å². The smallest absolute Gasteiger partial charge is 0.416 e. The first-order valence-corrected chi connectivity index (χ1v) is 8.16. The Morgan fingerprint density at radius 1 is 1.19 bits per heavy atom. The number of hydrogen-bond acceptors (Lipinski definition) is 3. The molecule has 0 aliphatic heterocycles. The molecule has 5 nitrogen and oxygen atoms in total. The van der Waals surface area contributed by atoms with Gasteiger partial charge >= 0.3 is 12.1 Å². The van der Waals surface area contributed by atoms with Gasteiger partial charge in [0.1, 0.15) is 12.2 Å². The van der Waals surface area contributed by atoms with Crippen molar-refractivity contribution < 1.29 is 32.3 Å². The van der Waals surface area contributed by atoms with E-state index in [-0.39, 0.29) is 17.9 Å². The molecule has 27 heavy (non-hydrogen) atoms. The first-order chi connectivity index (χ1) is 12.4. The van der Waals surface area contributed by atoms with E-state index >= 15 is 0 Å². The van der Waals surface area contributed by atoms with E-state index in [0.29, 0.717) is 11.1 Å². The number of amides is 1. The Labute approximate surface area is 154 Å². The third-order valence-electron chi connectivity index (χ3n) is 4.25. The molecule has 146 valence electrons. The van der Waals surface area contributed by atoms with Gasteiger partial charge in [0.25, 0.3) is 5.91 Å². The average molecular weight is 383 g/mol. The molecule has 0 unspecified atom stereocenters. The first kappa shape index (κ1) is 20.5. The SMILES string of the molecule is Cc1coc(CC(=O)O)c1C(=O)NCC(C)(C)c1cccc(C(F)(F)F)c1. The fourth-order valence-electron chi connectivity index (χ4n) is 2.68. The molecular weight excluding hydrogens is 363 g/mol. The average Bonchev–Trinajstić information content (AvgIpc) is 2.92. The van der Waals surface area contributed by atoms with Crippen LogP contribution >= 0.6 is 0 Å². The van der Waals surface area contributed by atoms with Crippen LogP contribution in [0.2, 0.25) is 0 Å². The predicted octanol–water partition coefficient (Wildman–Crippen LogP) is 3.94. The van der Waals surface area contributed by atoms with E-state index < -0.39 is 35.5 Å². The van der Waals surface area contributed by atoms with Crippen LogP contribution in [0.25, 0.3) is 0 Å². The van der Waals surface area contributed by atoms with Crippen molar-refractivity contribution in [3.8, 4) is 0 Å². The number of carboxylic acid groups (broad SMARTS) is 1. The lowest BCUT2D eigenvalue weighted by atomic mass is 9.83. The number of rotatable bonds is 6. The molecule has 0 saturated heterocycles. The second-order valence-electron chi connectivity index (χ2n) is 6.93. The van der Waals surface area contributed by atoms with Gasteiger partial charge in [0.15, 0.2) is 0 Å². The molecule has 8 heteroatoms. The third-order valence-corrected chi connectivity index (χ3v) is 4.25. The number of carboxylic acids is 1. The molecule has 1 heterocycles. The number of furan rings is 1. The summed E-state index contributed by atoms with van der Waals surface area (Å²) < 4.78 is 43.9. The maximum atomic E-state index is 12.9. The van der Waals surface area contributed by atoms with Crippen LogP contribution in [0.1, 0.15) is 46.7 Å². The summed E-state index contributed by atoms with van der Waals surface area (Å²) in [6.07, 6.45) is -3.59. The van der Waals surface area contributed by atoms with Crippen molar-refractivity contribution >= 4 is 11.9 Å². The second-order valence-corrected chi connectivity index (χ2v) is 6.93. The summed E-state index contributed by atoms with van der Waals surface area (Å²) in [5, 5.41) is 11.6. The van der Waals surface area contributed by atoms with Crippen LogP contribution in [0.5, 0.6) is 0 Å². The predicted molar refractivity (Wildman–Crippen MR) is 91.6 cm³/mol. The lowest BCUT2D eigenvalue weighted by Crippen LogP contribution is -2.37. The summed E-state index contributed by atoms with van der Waals surface area (Å²) >= 11 is 0. The maximum absolute atomic E-state index is 12.9. The molecule has 0 spiro atoms. The largest absolute Gasteiger partial charge is 0.481 e. The van der Waals surface area contributed by atoms with Crippen LogP contribution in [0.15, 0.2) is 34.9 Å². The summed E-state index contributed by atoms with van der Waals surface area (Å²) in [6.45, 7) is 5.10. The summed E-state index contributed by atoms with van der Waals surface area (Å²) in [5.41, 5.74) is -0.486. The Morgan fingerprint density at radius 2 is 1.81 bits per heavy atom. The Kier molecular flexibility index (Phi) is 5.67. The molecule has 0 atom stereocenters. The van der Waals surface area contributed by atoms with Crippen LogP contribution in [0.3, 0.4) is 0 Å². The molecule has 1 amide bonds. The van der Waals surface area contributed by atoms with Crippen molar-refractivity contribution in [2.45, 2.75) is 38.8 Å². The molecule has 0 bridgehead atoms. The number of aryl methyl sites for hydroxylation is 1. The van der Waals surface area contributed by atoms with E-state index in [9.17, 15) is 22.8 Å². The number of hydrogen-bond donors (Lipinski definition) is 2. The maximum Gasteiger partial charge on any atom is 0.416 e. The van der Waals surface area contributed by atoms with Gasteiger partial charge in [0, 0.05) is 17.5 Å². The molecule has 1 aromatic carbocycles. The molecule has 1 aromatic heterocycles. The Hall–Kier alpha value is -2.77. The van der Waals surface area contributed by atoms with Crippen molar-refractivity contribution in [2.24, 2.45) is 0 Å². The van der Waals surface area contributed by atoms with E-state index in [1.807, 2.05) is 0 Å². The van der Waals surface area contributed by atoms with E-state index in [2.05, 4.69) is 5.32 Å².